The van der Waals surface area contributed by atoms with Crippen LogP contribution in [0.4, 0.5) is 0 Å². The van der Waals surface area contributed by atoms with Gasteiger partial charge in [-0.25, -0.2) is 4.98 Å². The lowest BCUT2D eigenvalue weighted by Gasteiger charge is -2.03. The van der Waals surface area contributed by atoms with Gasteiger partial charge in [0, 0.05) is 0 Å². The number of aromatic nitrogens is 2. The highest BCUT2D eigenvalue weighted by molar-refractivity contribution is 9.10. The molecule has 6 heteroatoms. The SMILES string of the molecule is Cc1ccc(Cn2cnc(Cl)c(Br)c2=O)o1. The first kappa shape index (κ1) is 11.4. The summed E-state index contributed by atoms with van der Waals surface area (Å²) in [4.78, 5) is 15.6. The fourth-order valence-corrected chi connectivity index (χ4v) is 1.75. The molecule has 0 amide bonds. The van der Waals surface area contributed by atoms with Crippen molar-refractivity contribution >= 4 is 27.5 Å². The van der Waals surface area contributed by atoms with E-state index in [-0.39, 0.29) is 15.2 Å². The molecule has 2 aromatic rings. The largest absolute Gasteiger partial charge is 0.464 e. The topological polar surface area (TPSA) is 48.0 Å². The van der Waals surface area contributed by atoms with Crippen molar-refractivity contribution in [2.24, 2.45) is 0 Å². The van der Waals surface area contributed by atoms with Gasteiger partial charge in [-0.3, -0.25) is 9.36 Å². The van der Waals surface area contributed by atoms with E-state index in [0.29, 0.717) is 12.3 Å². The monoisotopic (exact) mass is 302 g/mol. The van der Waals surface area contributed by atoms with Gasteiger partial charge in [-0.15, -0.1) is 0 Å². The molecule has 0 aromatic carbocycles. The van der Waals surface area contributed by atoms with Crippen molar-refractivity contribution in [1.82, 2.24) is 9.55 Å². The van der Waals surface area contributed by atoms with Crippen molar-refractivity contribution in [1.29, 1.82) is 0 Å². The van der Waals surface area contributed by atoms with E-state index in [9.17, 15) is 4.79 Å². The highest BCUT2D eigenvalue weighted by atomic mass is 79.9. The Morgan fingerprint density at radius 2 is 2.31 bits per heavy atom. The fraction of sp³-hybridized carbons (Fsp3) is 0.200. The maximum absolute atomic E-state index is 11.8. The Morgan fingerprint density at radius 3 is 2.94 bits per heavy atom. The average Bonchev–Trinajstić information content (AvgIpc) is 2.65. The molecule has 2 rings (SSSR count). The van der Waals surface area contributed by atoms with Crippen LogP contribution in [0.2, 0.25) is 5.15 Å². The molecule has 4 nitrogen and oxygen atoms in total. The molecule has 0 unspecified atom stereocenters. The van der Waals surface area contributed by atoms with E-state index in [1.165, 1.54) is 10.9 Å². The molecule has 0 saturated carbocycles. The summed E-state index contributed by atoms with van der Waals surface area (Å²) < 4.78 is 7.07. The van der Waals surface area contributed by atoms with Gasteiger partial charge in [0.2, 0.25) is 0 Å². The van der Waals surface area contributed by atoms with Crippen LogP contribution in [-0.2, 0) is 6.54 Å². The summed E-state index contributed by atoms with van der Waals surface area (Å²) in [6.45, 7) is 2.19. The summed E-state index contributed by atoms with van der Waals surface area (Å²) in [6, 6.07) is 3.67. The van der Waals surface area contributed by atoms with Crippen LogP contribution >= 0.6 is 27.5 Å². The summed E-state index contributed by atoms with van der Waals surface area (Å²) in [5.74, 6) is 1.51. The van der Waals surface area contributed by atoms with Gasteiger partial charge in [-0.2, -0.15) is 0 Å². The van der Waals surface area contributed by atoms with Crippen molar-refractivity contribution in [2.75, 3.05) is 0 Å². The third kappa shape index (κ3) is 2.20. The second-order valence-corrected chi connectivity index (χ2v) is 4.45. The number of hydrogen-bond donors (Lipinski definition) is 0. The van der Waals surface area contributed by atoms with Crippen LogP contribution in [0.5, 0.6) is 0 Å². The molecule has 0 N–H and O–H groups in total. The van der Waals surface area contributed by atoms with Gasteiger partial charge >= 0.3 is 0 Å². The lowest BCUT2D eigenvalue weighted by atomic mass is 10.4. The summed E-state index contributed by atoms with van der Waals surface area (Å²) in [7, 11) is 0. The molecule has 0 atom stereocenters. The van der Waals surface area contributed by atoms with Gasteiger partial charge in [-0.05, 0) is 35.0 Å². The number of furan rings is 1. The molecule has 0 saturated heterocycles. The Morgan fingerprint density at radius 1 is 1.56 bits per heavy atom. The van der Waals surface area contributed by atoms with Crippen molar-refractivity contribution in [2.45, 2.75) is 13.5 Å². The zero-order chi connectivity index (χ0) is 11.7. The van der Waals surface area contributed by atoms with Gasteiger partial charge in [0.25, 0.3) is 5.56 Å². The van der Waals surface area contributed by atoms with Crippen molar-refractivity contribution in [3.8, 4) is 0 Å². The molecule has 2 heterocycles. The number of aryl methyl sites for hydroxylation is 1. The maximum Gasteiger partial charge on any atom is 0.269 e. The second kappa shape index (κ2) is 4.43. The number of rotatable bonds is 2. The molecule has 2 aromatic heterocycles. The minimum Gasteiger partial charge on any atom is -0.464 e. The third-order valence-corrected chi connectivity index (χ3v) is 3.29. The summed E-state index contributed by atoms with van der Waals surface area (Å²) >= 11 is 8.79. The van der Waals surface area contributed by atoms with Gasteiger partial charge in [0.15, 0.2) is 5.15 Å². The maximum atomic E-state index is 11.8. The van der Waals surface area contributed by atoms with E-state index in [0.717, 1.165) is 5.76 Å². The van der Waals surface area contributed by atoms with Gasteiger partial charge in [-0.1, -0.05) is 11.6 Å². The van der Waals surface area contributed by atoms with Gasteiger partial charge in [0.05, 0.1) is 12.9 Å². The molecular formula is C10H8BrClN2O2. The lowest BCUT2D eigenvalue weighted by molar-refractivity contribution is 0.465. The Labute approximate surface area is 105 Å². The number of nitrogens with zero attached hydrogens (tertiary/aromatic N) is 2. The van der Waals surface area contributed by atoms with Crippen LogP contribution in [0.1, 0.15) is 11.5 Å². The predicted octanol–water partition coefficient (Wildman–Crippen LogP) is 2.61. The van der Waals surface area contributed by atoms with Crippen molar-refractivity contribution < 1.29 is 4.42 Å². The van der Waals surface area contributed by atoms with Gasteiger partial charge in [0.1, 0.15) is 16.0 Å². The smallest absolute Gasteiger partial charge is 0.269 e. The molecule has 0 aliphatic heterocycles. The predicted molar refractivity (Wildman–Crippen MR) is 63.8 cm³/mol. The van der Waals surface area contributed by atoms with Crippen LogP contribution < -0.4 is 5.56 Å². The van der Waals surface area contributed by atoms with Crippen LogP contribution in [0.15, 0.2) is 32.1 Å². The summed E-state index contributed by atoms with van der Waals surface area (Å²) in [5, 5.41) is 0.164. The highest BCUT2D eigenvalue weighted by Crippen LogP contribution is 2.14. The van der Waals surface area contributed by atoms with Crippen LogP contribution in [0.3, 0.4) is 0 Å². The molecule has 0 fully saturated rings. The normalized spacial score (nSPS) is 10.7. The zero-order valence-electron chi connectivity index (χ0n) is 8.41. The quantitative estimate of drug-likeness (QED) is 0.801. The molecular weight excluding hydrogens is 295 g/mol. The number of halogens is 2. The van der Waals surface area contributed by atoms with E-state index in [1.807, 2.05) is 19.1 Å². The molecule has 16 heavy (non-hydrogen) atoms. The minimum absolute atomic E-state index is 0.164. The summed E-state index contributed by atoms with van der Waals surface area (Å²) in [5.41, 5.74) is -0.228. The third-order valence-electron chi connectivity index (χ3n) is 2.06. The van der Waals surface area contributed by atoms with E-state index in [2.05, 4.69) is 20.9 Å². The molecule has 0 bridgehead atoms. The van der Waals surface area contributed by atoms with Crippen molar-refractivity contribution in [3.05, 3.63) is 50.0 Å². The Bertz CT molecular complexity index is 576. The molecule has 0 aliphatic rings. The molecule has 0 radical (unpaired) electrons. The first-order valence-corrected chi connectivity index (χ1v) is 5.71. The Balaban J connectivity index is 2.36. The van der Waals surface area contributed by atoms with Crippen LogP contribution in [-0.4, -0.2) is 9.55 Å². The Hall–Kier alpha value is -1.07. The Kier molecular flexibility index (Phi) is 3.16. The first-order chi connectivity index (χ1) is 7.58. The lowest BCUT2D eigenvalue weighted by Crippen LogP contribution is -2.21. The average molecular weight is 304 g/mol. The molecule has 84 valence electrons. The van der Waals surface area contributed by atoms with Crippen LogP contribution in [0.25, 0.3) is 0 Å². The van der Waals surface area contributed by atoms with Crippen molar-refractivity contribution in [3.63, 3.8) is 0 Å². The number of hydrogen-bond acceptors (Lipinski definition) is 3. The second-order valence-electron chi connectivity index (χ2n) is 3.29. The first-order valence-electron chi connectivity index (χ1n) is 4.53. The minimum atomic E-state index is -0.228. The highest BCUT2D eigenvalue weighted by Gasteiger charge is 2.08. The zero-order valence-corrected chi connectivity index (χ0v) is 10.7. The molecule has 0 spiro atoms. The molecule has 0 aliphatic carbocycles. The van der Waals surface area contributed by atoms with Gasteiger partial charge < -0.3 is 4.42 Å². The van der Waals surface area contributed by atoms with E-state index < -0.39 is 0 Å². The summed E-state index contributed by atoms with van der Waals surface area (Å²) in [6.07, 6.45) is 1.40. The van der Waals surface area contributed by atoms with E-state index in [1.54, 1.807) is 0 Å². The fourth-order valence-electron chi connectivity index (χ4n) is 1.29. The van der Waals surface area contributed by atoms with E-state index >= 15 is 0 Å². The van der Waals surface area contributed by atoms with E-state index in [4.69, 9.17) is 16.0 Å². The standard InChI is InChI=1S/C10H8BrClN2O2/c1-6-2-3-7(16-6)4-14-5-13-9(12)8(11)10(14)15/h2-3,5H,4H2,1H3. The van der Waals surface area contributed by atoms with Crippen LogP contribution in [0, 0.1) is 6.92 Å².